The van der Waals surface area contributed by atoms with E-state index in [9.17, 15) is 4.79 Å². The van der Waals surface area contributed by atoms with E-state index in [1.54, 1.807) is 6.20 Å². The number of nitrogens with zero attached hydrogens (tertiary/aromatic N) is 6. The molecule has 0 N–H and O–H groups in total. The van der Waals surface area contributed by atoms with Crippen molar-refractivity contribution >= 4 is 17.7 Å². The smallest absolute Gasteiger partial charge is 0.327 e. The highest BCUT2D eigenvalue weighted by atomic mass is 32.2. The molecular weight excluding hydrogens is 268 g/mol. The van der Waals surface area contributed by atoms with E-state index in [0.717, 1.165) is 18.1 Å². The lowest BCUT2D eigenvalue weighted by molar-refractivity contribution is -0.141. The van der Waals surface area contributed by atoms with Gasteiger partial charge in [0.05, 0.1) is 7.11 Å². The van der Waals surface area contributed by atoms with Crippen LogP contribution in [0.25, 0.3) is 0 Å². The number of aryl methyl sites for hydroxylation is 2. The second-order valence-corrected chi connectivity index (χ2v) is 4.77. The normalized spacial score (nSPS) is 10.6. The Balaban J connectivity index is 1.88. The van der Waals surface area contributed by atoms with Gasteiger partial charge in [-0.15, -0.1) is 5.10 Å². The molecule has 0 amide bonds. The van der Waals surface area contributed by atoms with Crippen LogP contribution in [0.15, 0.2) is 17.6 Å². The molecule has 2 aromatic rings. The Bertz CT molecular complexity index is 552. The molecule has 9 heteroatoms. The van der Waals surface area contributed by atoms with E-state index in [1.807, 2.05) is 17.7 Å². The number of hydrogen-bond donors (Lipinski definition) is 0. The van der Waals surface area contributed by atoms with Gasteiger partial charge in [-0.2, -0.15) is 0 Å². The summed E-state index contributed by atoms with van der Waals surface area (Å²) in [6, 6.07) is 0. The number of carbonyl (C=O) groups excluding carboxylic acids is 1. The Kier molecular flexibility index (Phi) is 4.50. The Morgan fingerprint density at radius 2 is 2.37 bits per heavy atom. The van der Waals surface area contributed by atoms with Crippen LogP contribution in [0.3, 0.4) is 0 Å². The molecular formula is C10H14N6O2S. The Hall–Kier alpha value is -1.90. The fraction of sp³-hybridized carbons (Fsp3) is 0.500. The number of carbonyl (C=O) groups is 1. The van der Waals surface area contributed by atoms with Crippen molar-refractivity contribution in [2.24, 2.45) is 0 Å². The van der Waals surface area contributed by atoms with Crippen LogP contribution in [-0.2, 0) is 22.6 Å². The summed E-state index contributed by atoms with van der Waals surface area (Å²) >= 11 is 1.48. The number of methoxy groups -OCH3 is 1. The molecule has 0 radical (unpaired) electrons. The maximum Gasteiger partial charge on any atom is 0.327 e. The van der Waals surface area contributed by atoms with Gasteiger partial charge in [0, 0.05) is 24.7 Å². The van der Waals surface area contributed by atoms with Gasteiger partial charge in [0.2, 0.25) is 5.16 Å². The lowest BCUT2D eigenvalue weighted by atomic mass is 10.6. The highest BCUT2D eigenvalue weighted by molar-refractivity contribution is 7.99. The molecule has 0 aliphatic rings. The molecule has 0 aliphatic carbocycles. The maximum atomic E-state index is 11.2. The van der Waals surface area contributed by atoms with Crippen molar-refractivity contribution in [3.63, 3.8) is 0 Å². The number of esters is 1. The minimum Gasteiger partial charge on any atom is -0.468 e. The minimum absolute atomic E-state index is 0.0237. The van der Waals surface area contributed by atoms with Crippen molar-refractivity contribution < 1.29 is 9.53 Å². The molecule has 0 bridgehead atoms. The molecule has 0 saturated heterocycles. The third-order valence-corrected chi connectivity index (χ3v) is 3.43. The largest absolute Gasteiger partial charge is 0.468 e. The molecule has 0 saturated carbocycles. The molecule has 2 rings (SSSR count). The van der Waals surface area contributed by atoms with Gasteiger partial charge in [-0.3, -0.25) is 4.79 Å². The molecule has 8 nitrogen and oxygen atoms in total. The summed E-state index contributed by atoms with van der Waals surface area (Å²) in [4.78, 5) is 15.3. The second kappa shape index (κ2) is 6.32. The van der Waals surface area contributed by atoms with Crippen LogP contribution in [0.4, 0.5) is 0 Å². The van der Waals surface area contributed by atoms with Crippen LogP contribution in [0.5, 0.6) is 0 Å². The average Bonchev–Trinajstić information content (AvgIpc) is 3.00. The number of aromatic nitrogens is 6. The molecule has 0 fully saturated rings. The van der Waals surface area contributed by atoms with Gasteiger partial charge in [-0.25, -0.2) is 9.67 Å². The van der Waals surface area contributed by atoms with Crippen LogP contribution in [0, 0.1) is 6.92 Å². The van der Waals surface area contributed by atoms with Crippen molar-refractivity contribution in [1.29, 1.82) is 0 Å². The standard InChI is InChI=1S/C10H14N6O2S/c1-8-11-3-4-15(8)5-6-19-10-12-13-14-16(10)7-9(17)18-2/h3-4H,5-7H2,1-2H3. The van der Waals surface area contributed by atoms with Crippen LogP contribution in [-0.4, -0.2) is 48.6 Å². The van der Waals surface area contributed by atoms with Crippen molar-refractivity contribution in [1.82, 2.24) is 29.8 Å². The van der Waals surface area contributed by atoms with E-state index in [0.29, 0.717) is 5.16 Å². The van der Waals surface area contributed by atoms with Crippen LogP contribution >= 0.6 is 11.8 Å². The molecule has 0 spiro atoms. The zero-order valence-electron chi connectivity index (χ0n) is 10.7. The van der Waals surface area contributed by atoms with E-state index in [-0.39, 0.29) is 12.5 Å². The first-order chi connectivity index (χ1) is 9.20. The van der Waals surface area contributed by atoms with Gasteiger partial charge in [0.25, 0.3) is 0 Å². The van der Waals surface area contributed by atoms with Gasteiger partial charge >= 0.3 is 5.97 Å². The van der Waals surface area contributed by atoms with E-state index in [4.69, 9.17) is 0 Å². The summed E-state index contributed by atoms with van der Waals surface area (Å²) in [7, 11) is 1.33. The summed E-state index contributed by atoms with van der Waals surface area (Å²) < 4.78 is 8.05. The molecule has 0 atom stereocenters. The fourth-order valence-electron chi connectivity index (χ4n) is 1.46. The van der Waals surface area contributed by atoms with E-state index >= 15 is 0 Å². The zero-order valence-corrected chi connectivity index (χ0v) is 11.5. The molecule has 0 unspecified atom stereocenters. The van der Waals surface area contributed by atoms with Gasteiger partial charge in [-0.05, 0) is 17.4 Å². The molecule has 2 heterocycles. The third-order valence-electron chi connectivity index (χ3n) is 2.49. The first-order valence-corrected chi connectivity index (χ1v) is 6.63. The second-order valence-electron chi connectivity index (χ2n) is 3.71. The van der Waals surface area contributed by atoms with Crippen molar-refractivity contribution in [2.75, 3.05) is 12.9 Å². The first kappa shape index (κ1) is 13.5. The van der Waals surface area contributed by atoms with E-state index in [1.165, 1.54) is 23.6 Å². The minimum atomic E-state index is -0.375. The summed E-state index contributed by atoms with van der Waals surface area (Å²) in [5.74, 6) is 1.38. The van der Waals surface area contributed by atoms with Crippen LogP contribution in [0.2, 0.25) is 0 Å². The number of ether oxygens (including phenoxy) is 1. The molecule has 102 valence electrons. The van der Waals surface area contributed by atoms with E-state index in [2.05, 4.69) is 25.2 Å². The lowest BCUT2D eigenvalue weighted by Crippen LogP contribution is -2.14. The van der Waals surface area contributed by atoms with Crippen molar-refractivity contribution in [2.45, 2.75) is 25.2 Å². The quantitative estimate of drug-likeness (QED) is 0.550. The summed E-state index contributed by atoms with van der Waals surface area (Å²) in [5, 5.41) is 11.8. The summed E-state index contributed by atoms with van der Waals surface area (Å²) in [5.41, 5.74) is 0. The number of tetrazole rings is 1. The number of imidazole rings is 1. The molecule has 0 aliphatic heterocycles. The first-order valence-electron chi connectivity index (χ1n) is 5.64. The lowest BCUT2D eigenvalue weighted by Gasteiger charge is -2.05. The van der Waals surface area contributed by atoms with Gasteiger partial charge in [-0.1, -0.05) is 11.8 Å². The summed E-state index contributed by atoms with van der Waals surface area (Å²) in [6.07, 6.45) is 3.69. The number of rotatable bonds is 6. The van der Waals surface area contributed by atoms with Gasteiger partial charge < -0.3 is 9.30 Å². The number of thioether (sulfide) groups is 1. The van der Waals surface area contributed by atoms with Gasteiger partial charge in [0.1, 0.15) is 12.4 Å². The predicted molar refractivity (Wildman–Crippen MR) is 67.5 cm³/mol. The fourth-order valence-corrected chi connectivity index (χ4v) is 2.28. The third kappa shape index (κ3) is 3.53. The number of hydrogen-bond acceptors (Lipinski definition) is 7. The Morgan fingerprint density at radius 1 is 1.53 bits per heavy atom. The Morgan fingerprint density at radius 3 is 3.05 bits per heavy atom. The summed E-state index contributed by atoms with van der Waals surface area (Å²) in [6.45, 7) is 2.78. The molecule has 0 aromatic carbocycles. The van der Waals surface area contributed by atoms with Crippen molar-refractivity contribution in [3.8, 4) is 0 Å². The van der Waals surface area contributed by atoms with Crippen LogP contribution in [0.1, 0.15) is 5.82 Å². The van der Waals surface area contributed by atoms with Crippen LogP contribution < -0.4 is 0 Å². The van der Waals surface area contributed by atoms with Crippen molar-refractivity contribution in [3.05, 3.63) is 18.2 Å². The highest BCUT2D eigenvalue weighted by Crippen LogP contribution is 2.14. The van der Waals surface area contributed by atoms with E-state index < -0.39 is 0 Å². The average molecular weight is 282 g/mol. The topological polar surface area (TPSA) is 87.7 Å². The highest BCUT2D eigenvalue weighted by Gasteiger charge is 2.11. The predicted octanol–water partition coefficient (Wildman–Crippen LogP) is 0.143. The Labute approximate surface area is 114 Å². The SMILES string of the molecule is COC(=O)Cn1nnnc1SCCn1ccnc1C. The zero-order chi connectivity index (χ0) is 13.7. The molecule has 19 heavy (non-hydrogen) atoms. The monoisotopic (exact) mass is 282 g/mol. The maximum absolute atomic E-state index is 11.2. The molecule has 2 aromatic heterocycles. The van der Waals surface area contributed by atoms with Gasteiger partial charge in [0.15, 0.2) is 0 Å².